The van der Waals surface area contributed by atoms with Crippen molar-refractivity contribution in [2.75, 3.05) is 18.4 Å². The lowest BCUT2D eigenvalue weighted by molar-refractivity contribution is -0.124. The van der Waals surface area contributed by atoms with Crippen LogP contribution in [0.15, 0.2) is 54.6 Å². The lowest BCUT2D eigenvalue weighted by atomic mass is 9.91. The largest absolute Gasteiger partial charge is 0.324 e. The van der Waals surface area contributed by atoms with Crippen molar-refractivity contribution in [3.05, 3.63) is 65.7 Å². The zero-order chi connectivity index (χ0) is 19.1. The third-order valence-electron chi connectivity index (χ3n) is 4.93. The van der Waals surface area contributed by atoms with E-state index in [9.17, 15) is 9.59 Å². The predicted octanol–water partition coefficient (Wildman–Crippen LogP) is 4.00. The maximum Gasteiger partial charge on any atom is 0.321 e. The molecule has 1 heterocycles. The zero-order valence-corrected chi connectivity index (χ0v) is 15.2. The number of aryl methyl sites for hydroxylation is 1. The molecule has 1 N–H and O–H groups in total. The van der Waals surface area contributed by atoms with Crippen LogP contribution < -0.4 is 5.32 Å². The molecule has 1 aliphatic heterocycles. The number of hydrogen-bond donors (Lipinski definition) is 1. The Hall–Kier alpha value is -3.13. The van der Waals surface area contributed by atoms with Gasteiger partial charge in [-0.2, -0.15) is 5.26 Å². The summed E-state index contributed by atoms with van der Waals surface area (Å²) in [4.78, 5) is 26.8. The summed E-state index contributed by atoms with van der Waals surface area (Å²) in [6, 6.07) is 18.6. The minimum Gasteiger partial charge on any atom is -0.324 e. The zero-order valence-electron chi connectivity index (χ0n) is 15.2. The molecule has 3 rings (SSSR count). The van der Waals surface area contributed by atoms with Gasteiger partial charge in [-0.05, 0) is 49.1 Å². The molecule has 2 aromatic rings. The molecule has 5 nitrogen and oxygen atoms in total. The molecule has 0 saturated carbocycles. The molecule has 5 heteroatoms. The third-order valence-corrected chi connectivity index (χ3v) is 4.93. The van der Waals surface area contributed by atoms with Crippen LogP contribution in [0.4, 0.5) is 10.5 Å². The highest BCUT2D eigenvalue weighted by Gasteiger charge is 2.28. The Morgan fingerprint density at radius 3 is 2.56 bits per heavy atom. The van der Waals surface area contributed by atoms with Crippen molar-refractivity contribution >= 4 is 17.5 Å². The number of nitriles is 1. The van der Waals surface area contributed by atoms with Crippen molar-refractivity contribution < 1.29 is 9.59 Å². The highest BCUT2D eigenvalue weighted by molar-refractivity contribution is 5.90. The van der Waals surface area contributed by atoms with Gasteiger partial charge in [-0.15, -0.1) is 0 Å². The van der Waals surface area contributed by atoms with Crippen LogP contribution in [0, 0.1) is 17.2 Å². The molecule has 1 unspecified atom stereocenters. The van der Waals surface area contributed by atoms with Gasteiger partial charge in [0.05, 0.1) is 11.6 Å². The lowest BCUT2D eigenvalue weighted by Gasteiger charge is -2.32. The summed E-state index contributed by atoms with van der Waals surface area (Å²) < 4.78 is 0. The van der Waals surface area contributed by atoms with Crippen molar-refractivity contribution in [2.45, 2.75) is 25.7 Å². The van der Waals surface area contributed by atoms with Gasteiger partial charge in [0.15, 0.2) is 0 Å². The number of urea groups is 1. The Morgan fingerprint density at radius 2 is 1.85 bits per heavy atom. The molecule has 0 aliphatic carbocycles. The number of piperidine rings is 1. The van der Waals surface area contributed by atoms with Crippen LogP contribution >= 0.6 is 0 Å². The minimum atomic E-state index is -0.194. The standard InChI is InChI=1S/C22H23N3O2/c23-15-18-8-11-20(12-9-18)24-22(27)25-14-4-7-19(16-25)21(26)13-10-17-5-2-1-3-6-17/h1-3,5-6,8-9,11-12,19H,4,7,10,13-14,16H2,(H,24,27). The monoisotopic (exact) mass is 361 g/mol. The van der Waals surface area contributed by atoms with Gasteiger partial charge in [-0.1, -0.05) is 30.3 Å². The number of ketones is 1. The second-order valence-electron chi connectivity index (χ2n) is 6.86. The number of hydrogen-bond acceptors (Lipinski definition) is 3. The van der Waals surface area contributed by atoms with Crippen LogP contribution in [0.1, 0.15) is 30.4 Å². The van der Waals surface area contributed by atoms with E-state index < -0.39 is 0 Å². The first kappa shape index (κ1) is 18.7. The van der Waals surface area contributed by atoms with Crippen LogP contribution in [0.2, 0.25) is 0 Å². The van der Waals surface area contributed by atoms with Crippen molar-refractivity contribution in [3.63, 3.8) is 0 Å². The van der Waals surface area contributed by atoms with Gasteiger partial charge in [-0.25, -0.2) is 4.79 Å². The molecular weight excluding hydrogens is 338 g/mol. The molecule has 2 amide bonds. The first-order valence-electron chi connectivity index (χ1n) is 9.28. The molecule has 1 saturated heterocycles. The Morgan fingerprint density at radius 1 is 1.11 bits per heavy atom. The highest BCUT2D eigenvalue weighted by Crippen LogP contribution is 2.21. The van der Waals surface area contributed by atoms with Gasteiger partial charge in [-0.3, -0.25) is 4.79 Å². The molecule has 0 aromatic heterocycles. The number of likely N-dealkylation sites (tertiary alicyclic amines) is 1. The van der Waals surface area contributed by atoms with Crippen LogP contribution in [0.5, 0.6) is 0 Å². The summed E-state index contributed by atoms with van der Waals surface area (Å²) in [6.45, 7) is 1.13. The van der Waals surface area contributed by atoms with E-state index in [1.165, 1.54) is 0 Å². The van der Waals surface area contributed by atoms with Gasteiger partial charge in [0, 0.05) is 31.1 Å². The second kappa shape index (κ2) is 9.00. The van der Waals surface area contributed by atoms with Crippen LogP contribution in [-0.2, 0) is 11.2 Å². The predicted molar refractivity (Wildman–Crippen MR) is 104 cm³/mol. The lowest BCUT2D eigenvalue weighted by Crippen LogP contribution is -2.44. The minimum absolute atomic E-state index is 0.0887. The van der Waals surface area contributed by atoms with Gasteiger partial charge >= 0.3 is 6.03 Å². The fraction of sp³-hybridized carbons (Fsp3) is 0.318. The molecule has 0 spiro atoms. The number of nitrogens with one attached hydrogen (secondary N) is 1. The fourth-order valence-corrected chi connectivity index (χ4v) is 3.37. The van der Waals surface area contributed by atoms with E-state index in [4.69, 9.17) is 5.26 Å². The average molecular weight is 361 g/mol. The number of carbonyl (C=O) groups is 2. The van der Waals surface area contributed by atoms with Gasteiger partial charge in [0.2, 0.25) is 0 Å². The summed E-state index contributed by atoms with van der Waals surface area (Å²) in [5.41, 5.74) is 2.36. The summed E-state index contributed by atoms with van der Waals surface area (Å²) in [7, 11) is 0. The first-order chi connectivity index (χ1) is 13.2. The molecule has 1 fully saturated rings. The number of nitrogens with zero attached hydrogens (tertiary/aromatic N) is 2. The molecule has 1 atom stereocenters. The van der Waals surface area contributed by atoms with Crippen molar-refractivity contribution in [1.29, 1.82) is 5.26 Å². The van der Waals surface area contributed by atoms with Crippen molar-refractivity contribution in [3.8, 4) is 6.07 Å². The number of rotatable bonds is 5. The summed E-state index contributed by atoms with van der Waals surface area (Å²) in [5.74, 6) is 0.143. The maximum absolute atomic E-state index is 12.6. The molecule has 1 aliphatic rings. The number of Topliss-reactive ketones (excluding diaryl/α,β-unsaturated/α-hetero) is 1. The van der Waals surface area contributed by atoms with E-state index in [2.05, 4.69) is 11.4 Å². The van der Waals surface area contributed by atoms with E-state index in [1.807, 2.05) is 30.3 Å². The van der Waals surface area contributed by atoms with Crippen molar-refractivity contribution in [1.82, 2.24) is 4.90 Å². The normalized spacial score (nSPS) is 16.4. The van der Waals surface area contributed by atoms with Crippen molar-refractivity contribution in [2.24, 2.45) is 5.92 Å². The summed E-state index contributed by atoms with van der Waals surface area (Å²) in [5, 5.41) is 11.7. The van der Waals surface area contributed by atoms with Gasteiger partial charge < -0.3 is 10.2 Å². The van der Waals surface area contributed by atoms with E-state index in [0.717, 1.165) is 24.8 Å². The molecule has 2 aromatic carbocycles. The number of anilines is 1. The number of carbonyl (C=O) groups excluding carboxylic acids is 2. The third kappa shape index (κ3) is 5.18. The van der Waals surface area contributed by atoms with Crippen LogP contribution in [0.25, 0.3) is 0 Å². The Kier molecular flexibility index (Phi) is 6.22. The van der Waals surface area contributed by atoms with E-state index >= 15 is 0 Å². The van der Waals surface area contributed by atoms with E-state index in [1.54, 1.807) is 29.2 Å². The highest BCUT2D eigenvalue weighted by atomic mass is 16.2. The molecule has 0 bridgehead atoms. The van der Waals surface area contributed by atoms with Gasteiger partial charge in [0.1, 0.15) is 5.78 Å². The average Bonchev–Trinajstić information content (AvgIpc) is 2.73. The van der Waals surface area contributed by atoms with E-state index in [-0.39, 0.29) is 17.7 Å². The summed E-state index contributed by atoms with van der Waals surface area (Å²) in [6.07, 6.45) is 2.93. The quantitative estimate of drug-likeness (QED) is 0.875. The summed E-state index contributed by atoms with van der Waals surface area (Å²) >= 11 is 0. The van der Waals surface area contributed by atoms with E-state index in [0.29, 0.717) is 30.8 Å². The number of benzene rings is 2. The second-order valence-corrected chi connectivity index (χ2v) is 6.86. The number of amides is 2. The first-order valence-corrected chi connectivity index (χ1v) is 9.28. The molecule has 138 valence electrons. The maximum atomic E-state index is 12.6. The topological polar surface area (TPSA) is 73.2 Å². The SMILES string of the molecule is N#Cc1ccc(NC(=O)N2CCCC(C(=O)CCc3ccccc3)C2)cc1. The molecule has 0 radical (unpaired) electrons. The molecule has 27 heavy (non-hydrogen) atoms. The van der Waals surface area contributed by atoms with Crippen LogP contribution in [0.3, 0.4) is 0 Å². The Bertz CT molecular complexity index is 825. The molecular formula is C22H23N3O2. The Balaban J connectivity index is 1.52. The fourth-order valence-electron chi connectivity index (χ4n) is 3.37. The Labute approximate surface area is 159 Å². The smallest absolute Gasteiger partial charge is 0.321 e. The van der Waals surface area contributed by atoms with Crippen LogP contribution in [-0.4, -0.2) is 29.8 Å². The van der Waals surface area contributed by atoms with Gasteiger partial charge in [0.25, 0.3) is 0 Å².